The molecule has 0 saturated carbocycles. The third-order valence-corrected chi connectivity index (χ3v) is 4.89. The van der Waals surface area contributed by atoms with Crippen LogP contribution in [0.15, 0.2) is 34.1 Å². The van der Waals surface area contributed by atoms with E-state index in [2.05, 4.69) is 31.8 Å². The number of guanidine groups is 1. The van der Waals surface area contributed by atoms with Gasteiger partial charge in [0.1, 0.15) is 0 Å². The number of carbonyl (C=O) groups is 1. The highest BCUT2D eigenvalue weighted by molar-refractivity contribution is 14.0. The summed E-state index contributed by atoms with van der Waals surface area (Å²) in [7, 11) is 3.75. The molecule has 28 heavy (non-hydrogen) atoms. The van der Waals surface area contributed by atoms with Gasteiger partial charge in [0, 0.05) is 58.0 Å². The molecule has 0 bridgehead atoms. The maximum Gasteiger partial charge on any atom is 0.287 e. The van der Waals surface area contributed by atoms with Gasteiger partial charge in [-0.25, -0.2) is 0 Å². The molecule has 1 unspecified atom stereocenters. The number of nitrogens with zero attached hydrogens (tertiary/aromatic N) is 4. The topological polar surface area (TPSA) is 87.7 Å². The second-order valence-corrected chi connectivity index (χ2v) is 6.90. The molecule has 8 nitrogen and oxygen atoms in total. The Labute approximate surface area is 182 Å². The Bertz CT molecular complexity index is 800. The second kappa shape index (κ2) is 10.5. The summed E-state index contributed by atoms with van der Waals surface area (Å²) >= 11 is 0. The zero-order chi connectivity index (χ0) is 19.2. The third kappa shape index (κ3) is 5.49. The number of likely N-dealkylation sites (tertiary alicyclic amines) is 1. The van der Waals surface area contributed by atoms with Gasteiger partial charge < -0.3 is 20.0 Å². The summed E-state index contributed by atoms with van der Waals surface area (Å²) in [5.74, 6) is 1.63. The first-order valence-electron chi connectivity index (χ1n) is 9.35. The van der Waals surface area contributed by atoms with Crippen molar-refractivity contribution in [1.29, 1.82) is 0 Å². The molecule has 0 aliphatic carbocycles. The predicted octanol–water partition coefficient (Wildman–Crippen LogP) is 2.12. The molecule has 3 heterocycles. The van der Waals surface area contributed by atoms with Crippen molar-refractivity contribution in [2.45, 2.75) is 25.7 Å². The fraction of sp³-hybridized carbons (Fsp3) is 0.526. The molecule has 0 spiro atoms. The lowest BCUT2D eigenvalue weighted by molar-refractivity contribution is 0.0925. The molecule has 1 aliphatic heterocycles. The molecule has 1 atom stereocenters. The average molecular weight is 500 g/mol. The highest BCUT2D eigenvalue weighted by atomic mass is 127. The second-order valence-electron chi connectivity index (χ2n) is 6.90. The first-order chi connectivity index (χ1) is 13.1. The fourth-order valence-corrected chi connectivity index (χ4v) is 3.38. The van der Waals surface area contributed by atoms with E-state index in [1.165, 1.54) is 11.8 Å². The van der Waals surface area contributed by atoms with Crippen molar-refractivity contribution in [3.05, 3.63) is 41.6 Å². The van der Waals surface area contributed by atoms with Crippen molar-refractivity contribution in [1.82, 2.24) is 25.3 Å². The molecule has 1 fully saturated rings. The number of carbonyl (C=O) groups excluding carboxylic acids is 1. The number of amides is 1. The van der Waals surface area contributed by atoms with Crippen LogP contribution in [-0.4, -0.2) is 59.8 Å². The van der Waals surface area contributed by atoms with Gasteiger partial charge in [0.25, 0.3) is 5.91 Å². The summed E-state index contributed by atoms with van der Waals surface area (Å²) < 4.78 is 7.05. The van der Waals surface area contributed by atoms with Crippen LogP contribution in [-0.2, 0) is 7.05 Å². The van der Waals surface area contributed by atoms with Crippen LogP contribution < -0.4 is 10.6 Å². The van der Waals surface area contributed by atoms with Crippen LogP contribution in [0.5, 0.6) is 0 Å². The van der Waals surface area contributed by atoms with Crippen molar-refractivity contribution >= 4 is 35.8 Å². The van der Waals surface area contributed by atoms with Gasteiger partial charge in [-0.2, -0.15) is 5.10 Å². The minimum atomic E-state index is -0.166. The van der Waals surface area contributed by atoms with Gasteiger partial charge in [0.15, 0.2) is 11.7 Å². The number of rotatable bonds is 6. The molecule has 2 aromatic heterocycles. The number of aryl methyl sites for hydroxylation is 2. The van der Waals surface area contributed by atoms with E-state index in [0.29, 0.717) is 18.2 Å². The summed E-state index contributed by atoms with van der Waals surface area (Å²) in [6.07, 6.45) is 7.49. The van der Waals surface area contributed by atoms with E-state index in [0.717, 1.165) is 44.0 Å². The number of hydrogen-bond acceptors (Lipinski definition) is 4. The largest absolute Gasteiger partial charge is 0.459 e. The lowest BCUT2D eigenvalue weighted by Gasteiger charge is -2.21. The first kappa shape index (κ1) is 22.3. The van der Waals surface area contributed by atoms with E-state index >= 15 is 0 Å². The van der Waals surface area contributed by atoms with Crippen LogP contribution >= 0.6 is 24.0 Å². The van der Waals surface area contributed by atoms with Gasteiger partial charge in [-0.05, 0) is 31.4 Å². The fourth-order valence-electron chi connectivity index (χ4n) is 3.38. The van der Waals surface area contributed by atoms with Crippen LogP contribution in [0.25, 0.3) is 0 Å². The number of furan rings is 1. The predicted molar refractivity (Wildman–Crippen MR) is 119 cm³/mol. The molecule has 1 saturated heterocycles. The minimum absolute atomic E-state index is 0. The highest BCUT2D eigenvalue weighted by Crippen LogP contribution is 2.26. The quantitative estimate of drug-likeness (QED) is 0.275. The normalized spacial score (nSPS) is 16.8. The summed E-state index contributed by atoms with van der Waals surface area (Å²) in [5, 5.41) is 10.5. The maximum atomic E-state index is 12.0. The molecule has 0 radical (unpaired) electrons. The van der Waals surface area contributed by atoms with E-state index in [9.17, 15) is 4.79 Å². The molecule has 1 aliphatic rings. The molecule has 1 amide bonds. The van der Waals surface area contributed by atoms with E-state index < -0.39 is 0 Å². The van der Waals surface area contributed by atoms with Crippen LogP contribution in [0, 0.1) is 6.92 Å². The number of aromatic nitrogens is 2. The maximum absolute atomic E-state index is 12.0. The van der Waals surface area contributed by atoms with Gasteiger partial charge in [-0.3, -0.25) is 14.5 Å². The van der Waals surface area contributed by atoms with Crippen LogP contribution in [0.1, 0.15) is 40.4 Å². The zero-order valence-electron chi connectivity index (χ0n) is 16.6. The standard InChI is InChI=1S/C19H28N6O2.HI/c1-14-6-10-27-17(14)18(26)21-7-4-8-22-19(20-2)25-9-5-15(13-25)16-11-23-24(3)12-16;/h6,10-12,15H,4-5,7-9,13H2,1-3H3,(H,20,22)(H,21,26);1H. The number of hydrogen-bond donors (Lipinski definition) is 2. The van der Waals surface area contributed by atoms with Crippen molar-refractivity contribution in [3.63, 3.8) is 0 Å². The van der Waals surface area contributed by atoms with Crippen molar-refractivity contribution in [2.75, 3.05) is 33.2 Å². The van der Waals surface area contributed by atoms with E-state index in [4.69, 9.17) is 4.42 Å². The van der Waals surface area contributed by atoms with E-state index in [1.807, 2.05) is 24.9 Å². The van der Waals surface area contributed by atoms with Crippen molar-refractivity contribution < 1.29 is 9.21 Å². The number of nitrogens with one attached hydrogen (secondary N) is 2. The van der Waals surface area contributed by atoms with Crippen molar-refractivity contribution in [2.24, 2.45) is 12.0 Å². The molecular formula is C19H29IN6O2. The molecule has 2 N–H and O–H groups in total. The minimum Gasteiger partial charge on any atom is -0.459 e. The van der Waals surface area contributed by atoms with Crippen LogP contribution in [0.4, 0.5) is 0 Å². The summed E-state index contributed by atoms with van der Waals surface area (Å²) in [4.78, 5) is 18.7. The molecule has 3 rings (SSSR count). The highest BCUT2D eigenvalue weighted by Gasteiger charge is 2.26. The van der Waals surface area contributed by atoms with E-state index in [-0.39, 0.29) is 29.9 Å². The Morgan fingerprint density at radius 3 is 2.82 bits per heavy atom. The summed E-state index contributed by atoms with van der Waals surface area (Å²) in [6.45, 7) is 5.12. The molecule has 2 aromatic rings. The Hall–Kier alpha value is -2.04. The Morgan fingerprint density at radius 2 is 2.18 bits per heavy atom. The summed E-state index contributed by atoms with van der Waals surface area (Å²) in [5.41, 5.74) is 2.13. The lowest BCUT2D eigenvalue weighted by atomic mass is 10.0. The van der Waals surface area contributed by atoms with Crippen LogP contribution in [0.2, 0.25) is 0 Å². The van der Waals surface area contributed by atoms with Gasteiger partial charge in [0.05, 0.1) is 12.5 Å². The summed E-state index contributed by atoms with van der Waals surface area (Å²) in [6, 6.07) is 1.79. The van der Waals surface area contributed by atoms with Crippen LogP contribution in [0.3, 0.4) is 0 Å². The van der Waals surface area contributed by atoms with Crippen molar-refractivity contribution in [3.8, 4) is 0 Å². The van der Waals surface area contributed by atoms with Gasteiger partial charge >= 0.3 is 0 Å². The van der Waals surface area contributed by atoms with Gasteiger partial charge in [-0.15, -0.1) is 24.0 Å². The average Bonchev–Trinajstić information content (AvgIpc) is 3.38. The number of aliphatic imine (C=N–C) groups is 1. The molecule has 0 aromatic carbocycles. The Balaban J connectivity index is 0.00000280. The Morgan fingerprint density at radius 1 is 1.39 bits per heavy atom. The zero-order valence-corrected chi connectivity index (χ0v) is 19.0. The molecule has 9 heteroatoms. The van der Waals surface area contributed by atoms with Gasteiger partial charge in [0.2, 0.25) is 0 Å². The van der Waals surface area contributed by atoms with E-state index in [1.54, 1.807) is 13.1 Å². The first-order valence-corrected chi connectivity index (χ1v) is 9.35. The molecule has 154 valence electrons. The monoisotopic (exact) mass is 500 g/mol. The smallest absolute Gasteiger partial charge is 0.287 e. The number of halogens is 1. The Kier molecular flexibility index (Phi) is 8.34. The molecular weight excluding hydrogens is 471 g/mol. The van der Waals surface area contributed by atoms with Gasteiger partial charge in [-0.1, -0.05) is 0 Å². The third-order valence-electron chi connectivity index (χ3n) is 4.89. The lowest BCUT2D eigenvalue weighted by Crippen LogP contribution is -2.41. The SMILES string of the molecule is CN=C(NCCCNC(=O)c1occc1C)N1CCC(c2cnn(C)c2)C1.I.